The van der Waals surface area contributed by atoms with Crippen molar-refractivity contribution in [1.82, 2.24) is 5.32 Å². The fourth-order valence-corrected chi connectivity index (χ4v) is 1.90. The molecule has 0 bridgehead atoms. The fraction of sp³-hybridized carbons (Fsp3) is 0.833. The first-order valence-electron chi connectivity index (χ1n) is 5.97. The van der Waals surface area contributed by atoms with E-state index in [1.165, 1.54) is 0 Å². The third kappa shape index (κ3) is 5.50. The van der Waals surface area contributed by atoms with Crippen LogP contribution < -0.4 is 5.32 Å². The number of amides is 1. The largest absolute Gasteiger partial charge is 0.444 e. The van der Waals surface area contributed by atoms with Gasteiger partial charge < -0.3 is 10.1 Å². The maximum Gasteiger partial charge on any atom is 0.407 e. The van der Waals surface area contributed by atoms with Crippen molar-refractivity contribution in [3.63, 3.8) is 0 Å². The molecule has 5 heteroatoms. The van der Waals surface area contributed by atoms with Crippen molar-refractivity contribution in [2.75, 3.05) is 0 Å². The zero-order valence-corrected chi connectivity index (χ0v) is 10.7. The van der Waals surface area contributed by atoms with Crippen LogP contribution in [0.5, 0.6) is 0 Å². The Bertz CT molecular complexity index is 308. The first kappa shape index (κ1) is 13.7. The number of hydrogen-bond acceptors (Lipinski definition) is 4. The molecule has 0 aromatic heterocycles. The molecule has 0 aromatic rings. The Kier molecular flexibility index (Phi) is 4.70. The van der Waals surface area contributed by atoms with E-state index in [-0.39, 0.29) is 18.2 Å². The number of ether oxygens (including phenoxy) is 1. The molecule has 1 aliphatic rings. The SMILES string of the molecule is CC(C)(C)OC(=O)NC1CCC(N=C=O)CC1. The van der Waals surface area contributed by atoms with Gasteiger partial charge in [-0.15, -0.1) is 0 Å². The number of aliphatic imine (C=N–C) groups is 1. The number of carbonyl (C=O) groups is 1. The summed E-state index contributed by atoms with van der Waals surface area (Å²) >= 11 is 0. The van der Waals surface area contributed by atoms with Crippen molar-refractivity contribution in [2.45, 2.75) is 64.1 Å². The summed E-state index contributed by atoms with van der Waals surface area (Å²) in [4.78, 5) is 25.3. The summed E-state index contributed by atoms with van der Waals surface area (Å²) in [7, 11) is 0. The van der Waals surface area contributed by atoms with E-state index >= 15 is 0 Å². The monoisotopic (exact) mass is 240 g/mol. The van der Waals surface area contributed by atoms with Gasteiger partial charge >= 0.3 is 6.09 Å². The van der Waals surface area contributed by atoms with E-state index in [1.807, 2.05) is 20.8 Å². The van der Waals surface area contributed by atoms with Crippen LogP contribution in [0.3, 0.4) is 0 Å². The lowest BCUT2D eigenvalue weighted by molar-refractivity contribution is 0.0491. The molecule has 0 atom stereocenters. The molecule has 1 fully saturated rings. The number of hydrogen-bond donors (Lipinski definition) is 1. The highest BCUT2D eigenvalue weighted by Crippen LogP contribution is 2.21. The number of carbonyl (C=O) groups excluding carboxylic acids is 2. The number of nitrogens with one attached hydrogen (secondary N) is 1. The van der Waals surface area contributed by atoms with E-state index in [0.717, 1.165) is 25.7 Å². The smallest absolute Gasteiger partial charge is 0.407 e. The van der Waals surface area contributed by atoms with E-state index in [4.69, 9.17) is 4.74 Å². The van der Waals surface area contributed by atoms with Crippen LogP contribution in [0.15, 0.2) is 4.99 Å². The third-order valence-electron chi connectivity index (χ3n) is 2.65. The average Bonchev–Trinajstić information content (AvgIpc) is 2.18. The second-order valence-electron chi connectivity index (χ2n) is 5.37. The van der Waals surface area contributed by atoms with Crippen molar-refractivity contribution < 1.29 is 14.3 Å². The summed E-state index contributed by atoms with van der Waals surface area (Å²) in [6, 6.07) is 0.201. The first-order chi connectivity index (χ1) is 7.90. The minimum atomic E-state index is -0.469. The van der Waals surface area contributed by atoms with Gasteiger partial charge in [0, 0.05) is 6.04 Å². The molecule has 1 rings (SSSR count). The lowest BCUT2D eigenvalue weighted by Gasteiger charge is -2.27. The van der Waals surface area contributed by atoms with Crippen LogP contribution in [0.4, 0.5) is 4.79 Å². The van der Waals surface area contributed by atoms with E-state index < -0.39 is 5.60 Å². The number of nitrogens with zero attached hydrogens (tertiary/aromatic N) is 1. The van der Waals surface area contributed by atoms with Gasteiger partial charge in [-0.2, -0.15) is 0 Å². The lowest BCUT2D eigenvalue weighted by atomic mass is 9.92. The van der Waals surface area contributed by atoms with Gasteiger partial charge in [-0.05, 0) is 46.5 Å². The standard InChI is InChI=1S/C12H20N2O3/c1-12(2,3)17-11(16)14-10-6-4-9(5-7-10)13-8-15/h9-10H,4-7H2,1-3H3,(H,14,16). The zero-order chi connectivity index (χ0) is 12.9. The summed E-state index contributed by atoms with van der Waals surface area (Å²) in [5, 5.41) is 2.84. The van der Waals surface area contributed by atoms with E-state index in [2.05, 4.69) is 10.3 Å². The summed E-state index contributed by atoms with van der Waals surface area (Å²) in [6.45, 7) is 5.51. The van der Waals surface area contributed by atoms with Crippen LogP contribution in [-0.4, -0.2) is 29.9 Å². The molecule has 0 radical (unpaired) electrons. The Balaban J connectivity index is 2.31. The molecule has 0 aliphatic heterocycles. The molecule has 5 nitrogen and oxygen atoms in total. The van der Waals surface area contributed by atoms with Gasteiger partial charge in [0.25, 0.3) is 0 Å². The Hall–Kier alpha value is -1.35. The normalized spacial score (nSPS) is 24.6. The van der Waals surface area contributed by atoms with E-state index in [1.54, 1.807) is 6.08 Å². The van der Waals surface area contributed by atoms with Gasteiger partial charge in [0.1, 0.15) is 5.60 Å². The summed E-state index contributed by atoms with van der Waals surface area (Å²) in [5.74, 6) is 0. The van der Waals surface area contributed by atoms with Crippen molar-refractivity contribution >= 4 is 12.2 Å². The Morgan fingerprint density at radius 1 is 1.29 bits per heavy atom. The third-order valence-corrected chi connectivity index (χ3v) is 2.65. The van der Waals surface area contributed by atoms with Crippen molar-refractivity contribution in [3.8, 4) is 0 Å². The highest BCUT2D eigenvalue weighted by atomic mass is 16.6. The van der Waals surface area contributed by atoms with Crippen LogP contribution >= 0.6 is 0 Å². The fourth-order valence-electron chi connectivity index (χ4n) is 1.90. The van der Waals surface area contributed by atoms with Crippen LogP contribution in [0.1, 0.15) is 46.5 Å². The van der Waals surface area contributed by atoms with Crippen LogP contribution in [0.2, 0.25) is 0 Å². The van der Waals surface area contributed by atoms with E-state index in [0.29, 0.717) is 0 Å². The highest BCUT2D eigenvalue weighted by Gasteiger charge is 2.24. The Labute approximate surface area is 102 Å². The second kappa shape index (κ2) is 5.82. The number of alkyl carbamates (subject to hydrolysis) is 1. The lowest BCUT2D eigenvalue weighted by Crippen LogP contribution is -2.41. The number of isocyanates is 1. The van der Waals surface area contributed by atoms with Crippen LogP contribution in [-0.2, 0) is 9.53 Å². The van der Waals surface area contributed by atoms with E-state index in [9.17, 15) is 9.59 Å². The van der Waals surface area contributed by atoms with Gasteiger partial charge in [0.2, 0.25) is 6.08 Å². The molecule has 17 heavy (non-hydrogen) atoms. The summed E-state index contributed by atoms with van der Waals surface area (Å²) < 4.78 is 5.18. The van der Waals surface area contributed by atoms with Gasteiger partial charge in [0.15, 0.2) is 0 Å². The molecular formula is C12H20N2O3. The molecule has 1 aliphatic carbocycles. The van der Waals surface area contributed by atoms with Crippen molar-refractivity contribution in [3.05, 3.63) is 0 Å². The maximum atomic E-state index is 11.5. The molecule has 1 N–H and O–H groups in total. The van der Waals surface area contributed by atoms with Gasteiger partial charge in [-0.1, -0.05) is 0 Å². The van der Waals surface area contributed by atoms with Gasteiger partial charge in [-0.3, -0.25) is 0 Å². The molecule has 0 saturated heterocycles. The first-order valence-corrected chi connectivity index (χ1v) is 5.97. The molecular weight excluding hydrogens is 220 g/mol. The molecule has 1 amide bonds. The molecule has 0 spiro atoms. The van der Waals surface area contributed by atoms with Crippen LogP contribution in [0, 0.1) is 0 Å². The van der Waals surface area contributed by atoms with Gasteiger partial charge in [-0.25, -0.2) is 14.6 Å². The predicted molar refractivity (Wildman–Crippen MR) is 63.5 cm³/mol. The Morgan fingerprint density at radius 3 is 2.35 bits per heavy atom. The quantitative estimate of drug-likeness (QED) is 0.594. The molecule has 96 valence electrons. The highest BCUT2D eigenvalue weighted by molar-refractivity contribution is 5.68. The second-order valence-corrected chi connectivity index (χ2v) is 5.37. The summed E-state index contributed by atoms with van der Waals surface area (Å²) in [5.41, 5.74) is -0.469. The maximum absolute atomic E-state index is 11.5. The molecule has 1 saturated carbocycles. The molecule has 0 heterocycles. The molecule has 0 aromatic carbocycles. The minimum absolute atomic E-state index is 0.0733. The number of rotatable bonds is 2. The average molecular weight is 240 g/mol. The summed E-state index contributed by atoms with van der Waals surface area (Å²) in [6.07, 6.45) is 4.50. The van der Waals surface area contributed by atoms with Gasteiger partial charge in [0.05, 0.1) is 6.04 Å². The minimum Gasteiger partial charge on any atom is -0.444 e. The topological polar surface area (TPSA) is 67.8 Å². The molecule has 0 unspecified atom stereocenters. The van der Waals surface area contributed by atoms with Crippen molar-refractivity contribution in [1.29, 1.82) is 0 Å². The van der Waals surface area contributed by atoms with Crippen LogP contribution in [0.25, 0.3) is 0 Å². The predicted octanol–water partition coefficient (Wildman–Crippen LogP) is 2.16. The Morgan fingerprint density at radius 2 is 1.88 bits per heavy atom. The zero-order valence-electron chi connectivity index (χ0n) is 10.7. The van der Waals surface area contributed by atoms with Crippen molar-refractivity contribution in [2.24, 2.45) is 4.99 Å².